The van der Waals surface area contributed by atoms with Gasteiger partial charge in [-0.25, -0.2) is 8.78 Å². The average molecular weight is 309 g/mol. The summed E-state index contributed by atoms with van der Waals surface area (Å²) in [6.07, 6.45) is 0.596. The smallest absolute Gasteiger partial charge is 0.256 e. The van der Waals surface area contributed by atoms with Crippen LogP contribution in [0.5, 0.6) is 0 Å². The number of rotatable bonds is 2. The van der Waals surface area contributed by atoms with Crippen molar-refractivity contribution in [1.29, 1.82) is 0 Å². The maximum absolute atomic E-state index is 13.7. The maximum Gasteiger partial charge on any atom is 0.256 e. The van der Waals surface area contributed by atoms with Crippen LogP contribution in [0.15, 0.2) is 23.0 Å². The van der Waals surface area contributed by atoms with Gasteiger partial charge in [-0.05, 0) is 24.4 Å². The molecule has 0 spiro atoms. The average Bonchev–Trinajstić information content (AvgIpc) is 2.43. The van der Waals surface area contributed by atoms with Gasteiger partial charge in [0, 0.05) is 37.3 Å². The normalized spacial score (nSPS) is 15.0. The lowest BCUT2D eigenvalue weighted by Gasteiger charge is -2.28. The Bertz CT molecular complexity index is 779. The number of halogens is 2. The lowest BCUT2D eigenvalue weighted by atomic mass is 10.1. The number of hydrogen-bond donors (Lipinski definition) is 2. The second kappa shape index (κ2) is 5.50. The van der Waals surface area contributed by atoms with Crippen LogP contribution >= 0.6 is 12.2 Å². The zero-order chi connectivity index (χ0) is 15.0. The summed E-state index contributed by atoms with van der Waals surface area (Å²) < 4.78 is 27.7. The van der Waals surface area contributed by atoms with E-state index in [0.29, 0.717) is 29.8 Å². The first kappa shape index (κ1) is 14.1. The van der Waals surface area contributed by atoms with Gasteiger partial charge >= 0.3 is 0 Å². The molecule has 2 aromatic rings. The number of benzene rings is 1. The second-order valence-electron chi connectivity index (χ2n) is 5.03. The van der Waals surface area contributed by atoms with Gasteiger partial charge in [0.2, 0.25) is 0 Å². The summed E-state index contributed by atoms with van der Waals surface area (Å²) in [6.45, 7) is 1.08. The minimum Gasteiger partial charge on any atom is -0.335 e. The molecule has 1 aliphatic heterocycles. The van der Waals surface area contributed by atoms with Crippen molar-refractivity contribution < 1.29 is 8.78 Å². The predicted molar refractivity (Wildman–Crippen MR) is 76.4 cm³/mol. The van der Waals surface area contributed by atoms with Gasteiger partial charge in [-0.3, -0.25) is 14.7 Å². The molecule has 0 atom stereocenters. The summed E-state index contributed by atoms with van der Waals surface area (Å²) in [5.41, 5.74) is 1.16. The van der Waals surface area contributed by atoms with Gasteiger partial charge in [-0.2, -0.15) is 0 Å². The van der Waals surface area contributed by atoms with Gasteiger partial charge in [-0.1, -0.05) is 6.07 Å². The lowest BCUT2D eigenvalue weighted by Crippen LogP contribution is -2.35. The Morgan fingerprint density at radius 3 is 2.67 bits per heavy atom. The van der Waals surface area contributed by atoms with Crippen LogP contribution in [0.1, 0.15) is 16.8 Å². The Balaban J connectivity index is 1.87. The first-order valence-electron chi connectivity index (χ1n) is 6.54. The van der Waals surface area contributed by atoms with Gasteiger partial charge in [0.05, 0.1) is 5.56 Å². The molecule has 4 nitrogen and oxygen atoms in total. The Kier molecular flexibility index (Phi) is 3.69. The molecule has 0 saturated carbocycles. The zero-order valence-corrected chi connectivity index (χ0v) is 11.9. The summed E-state index contributed by atoms with van der Waals surface area (Å²) in [7, 11) is 0. The number of fused-ring (bicyclic) bond motifs is 1. The van der Waals surface area contributed by atoms with E-state index in [-0.39, 0.29) is 17.7 Å². The highest BCUT2D eigenvalue weighted by atomic mass is 32.1. The highest BCUT2D eigenvalue weighted by molar-refractivity contribution is 7.71. The zero-order valence-electron chi connectivity index (χ0n) is 11.1. The third-order valence-corrected chi connectivity index (χ3v) is 3.84. The predicted octanol–water partition coefficient (Wildman–Crippen LogP) is 2.27. The van der Waals surface area contributed by atoms with Gasteiger partial charge in [-0.15, -0.1) is 0 Å². The molecule has 1 aromatic heterocycles. The van der Waals surface area contributed by atoms with E-state index >= 15 is 0 Å². The molecule has 0 fully saturated rings. The first-order valence-corrected chi connectivity index (χ1v) is 6.95. The highest BCUT2D eigenvalue weighted by Crippen LogP contribution is 2.19. The maximum atomic E-state index is 13.7. The van der Waals surface area contributed by atoms with Crippen LogP contribution in [0.25, 0.3) is 0 Å². The molecule has 0 aliphatic carbocycles. The van der Waals surface area contributed by atoms with E-state index in [1.165, 1.54) is 18.2 Å². The molecule has 2 heterocycles. The Morgan fingerprint density at radius 2 is 1.95 bits per heavy atom. The fourth-order valence-corrected chi connectivity index (χ4v) is 2.77. The van der Waals surface area contributed by atoms with Crippen LogP contribution in [-0.2, 0) is 19.5 Å². The summed E-state index contributed by atoms with van der Waals surface area (Å²) >= 11 is 4.93. The van der Waals surface area contributed by atoms with Gasteiger partial charge < -0.3 is 4.98 Å². The molecule has 1 aromatic carbocycles. The van der Waals surface area contributed by atoms with E-state index in [9.17, 15) is 13.6 Å². The van der Waals surface area contributed by atoms with E-state index in [4.69, 9.17) is 12.2 Å². The van der Waals surface area contributed by atoms with Crippen molar-refractivity contribution >= 4 is 12.2 Å². The SMILES string of the molecule is O=c1[nH]c(=S)[nH]c2c1CN(Cc1c(F)cccc1F)CC2. The van der Waals surface area contributed by atoms with Crippen molar-refractivity contribution in [3.05, 3.63) is 61.8 Å². The van der Waals surface area contributed by atoms with Crippen LogP contribution in [-0.4, -0.2) is 21.4 Å². The summed E-state index contributed by atoms with van der Waals surface area (Å²) in [5, 5.41) is 0. The molecule has 3 rings (SSSR count). The standard InChI is InChI=1S/C14H13F2N3OS/c15-10-2-1-3-11(16)8(10)6-19-5-4-12-9(7-19)13(20)18-14(21)17-12/h1-3H,4-7H2,(H2,17,18,20,21). The third kappa shape index (κ3) is 2.79. The molecule has 0 bridgehead atoms. The fourth-order valence-electron chi connectivity index (χ4n) is 2.55. The van der Waals surface area contributed by atoms with Crippen LogP contribution in [0.4, 0.5) is 8.78 Å². The molecular weight excluding hydrogens is 296 g/mol. The molecule has 0 saturated heterocycles. The van der Waals surface area contributed by atoms with Gasteiger partial charge in [0.15, 0.2) is 4.77 Å². The molecular formula is C14H13F2N3OS. The van der Waals surface area contributed by atoms with E-state index in [1.54, 1.807) is 0 Å². The van der Waals surface area contributed by atoms with Gasteiger partial charge in [0.25, 0.3) is 5.56 Å². The topological polar surface area (TPSA) is 51.9 Å². The number of aromatic nitrogens is 2. The largest absolute Gasteiger partial charge is 0.335 e. The highest BCUT2D eigenvalue weighted by Gasteiger charge is 2.21. The number of aromatic amines is 2. The minimum absolute atomic E-state index is 0.0289. The van der Waals surface area contributed by atoms with Crippen molar-refractivity contribution in [2.45, 2.75) is 19.5 Å². The van der Waals surface area contributed by atoms with Crippen LogP contribution < -0.4 is 5.56 Å². The first-order chi connectivity index (χ1) is 10.0. The molecule has 0 amide bonds. The van der Waals surface area contributed by atoms with E-state index in [0.717, 1.165) is 5.69 Å². The van der Waals surface area contributed by atoms with Crippen LogP contribution in [0.3, 0.4) is 0 Å². The Hall–Kier alpha value is -1.86. The van der Waals surface area contributed by atoms with Crippen LogP contribution in [0, 0.1) is 16.4 Å². The van der Waals surface area contributed by atoms with E-state index in [1.807, 2.05) is 4.90 Å². The molecule has 0 radical (unpaired) electrons. The Labute approximate surface area is 124 Å². The second-order valence-corrected chi connectivity index (χ2v) is 5.43. The Morgan fingerprint density at radius 1 is 1.24 bits per heavy atom. The monoisotopic (exact) mass is 309 g/mol. The quantitative estimate of drug-likeness (QED) is 0.837. The van der Waals surface area contributed by atoms with Crippen molar-refractivity contribution in [3.8, 4) is 0 Å². The minimum atomic E-state index is -0.567. The molecule has 110 valence electrons. The number of nitrogens with one attached hydrogen (secondary N) is 2. The molecule has 2 N–H and O–H groups in total. The van der Waals surface area contributed by atoms with E-state index in [2.05, 4.69) is 9.97 Å². The molecule has 21 heavy (non-hydrogen) atoms. The number of H-pyrrole nitrogens is 2. The molecule has 1 aliphatic rings. The third-order valence-electron chi connectivity index (χ3n) is 3.63. The fraction of sp³-hybridized carbons (Fsp3) is 0.286. The van der Waals surface area contributed by atoms with E-state index < -0.39 is 11.6 Å². The van der Waals surface area contributed by atoms with Crippen molar-refractivity contribution in [3.63, 3.8) is 0 Å². The summed E-state index contributed by atoms with van der Waals surface area (Å²) in [6, 6.07) is 3.81. The lowest BCUT2D eigenvalue weighted by molar-refractivity contribution is 0.234. The van der Waals surface area contributed by atoms with Crippen molar-refractivity contribution in [1.82, 2.24) is 14.9 Å². The summed E-state index contributed by atoms with van der Waals surface area (Å²) in [5.74, 6) is -1.13. The molecule has 7 heteroatoms. The molecule has 0 unspecified atom stereocenters. The number of hydrogen-bond acceptors (Lipinski definition) is 3. The van der Waals surface area contributed by atoms with Crippen LogP contribution in [0.2, 0.25) is 0 Å². The van der Waals surface area contributed by atoms with Crippen molar-refractivity contribution in [2.24, 2.45) is 0 Å². The summed E-state index contributed by atoms with van der Waals surface area (Å²) in [4.78, 5) is 19.2. The van der Waals surface area contributed by atoms with Gasteiger partial charge in [0.1, 0.15) is 11.6 Å². The number of nitrogens with zero attached hydrogens (tertiary/aromatic N) is 1. The van der Waals surface area contributed by atoms with Crippen molar-refractivity contribution in [2.75, 3.05) is 6.54 Å².